The standard InChI is InChI=1S/C31H28O4/c32-30(21-28(31(33)34)12-11-23-7-3-1-4-8-23)27-15-13-25(14-16-27)26-17-19-29(20-18-26)35-22-24-9-5-2-6-10-24/h1-10,13-20,28H,11-12,21-22H2,(H,33,34). The third-order valence-corrected chi connectivity index (χ3v) is 6.05. The molecule has 0 heterocycles. The number of rotatable bonds is 11. The number of carboxylic acids is 1. The molecule has 4 heteroatoms. The van der Waals surface area contributed by atoms with Gasteiger partial charge in [-0.2, -0.15) is 0 Å². The molecule has 4 aromatic rings. The highest BCUT2D eigenvalue weighted by Crippen LogP contribution is 2.24. The predicted molar refractivity (Wildman–Crippen MR) is 137 cm³/mol. The van der Waals surface area contributed by atoms with Gasteiger partial charge >= 0.3 is 5.97 Å². The molecule has 1 unspecified atom stereocenters. The maximum atomic E-state index is 12.8. The molecule has 0 spiro atoms. The van der Waals surface area contributed by atoms with Crippen LogP contribution in [0.4, 0.5) is 0 Å². The van der Waals surface area contributed by atoms with Crippen molar-refractivity contribution in [3.8, 4) is 16.9 Å². The number of carbonyl (C=O) groups is 2. The van der Waals surface area contributed by atoms with Crippen molar-refractivity contribution in [1.82, 2.24) is 0 Å². The van der Waals surface area contributed by atoms with Crippen LogP contribution in [-0.4, -0.2) is 16.9 Å². The van der Waals surface area contributed by atoms with Gasteiger partial charge in [-0.3, -0.25) is 9.59 Å². The van der Waals surface area contributed by atoms with Crippen molar-refractivity contribution in [3.05, 3.63) is 126 Å². The SMILES string of the molecule is O=C(CC(CCc1ccccc1)C(=O)O)c1ccc(-c2ccc(OCc3ccccc3)cc2)cc1. The van der Waals surface area contributed by atoms with Gasteiger partial charge < -0.3 is 9.84 Å². The third-order valence-electron chi connectivity index (χ3n) is 6.05. The van der Waals surface area contributed by atoms with Crippen LogP contribution in [0.25, 0.3) is 11.1 Å². The Labute approximate surface area is 205 Å². The van der Waals surface area contributed by atoms with Crippen molar-refractivity contribution in [2.75, 3.05) is 0 Å². The van der Waals surface area contributed by atoms with Crippen molar-refractivity contribution in [1.29, 1.82) is 0 Å². The Balaban J connectivity index is 1.34. The zero-order valence-corrected chi connectivity index (χ0v) is 19.5. The van der Waals surface area contributed by atoms with Crippen LogP contribution >= 0.6 is 0 Å². The lowest BCUT2D eigenvalue weighted by Gasteiger charge is -2.12. The van der Waals surface area contributed by atoms with Crippen molar-refractivity contribution in [2.24, 2.45) is 5.92 Å². The lowest BCUT2D eigenvalue weighted by Crippen LogP contribution is -2.19. The summed E-state index contributed by atoms with van der Waals surface area (Å²) in [6.07, 6.45) is 1.06. The number of ether oxygens (including phenoxy) is 1. The van der Waals surface area contributed by atoms with E-state index in [4.69, 9.17) is 4.74 Å². The van der Waals surface area contributed by atoms with Gasteiger partial charge in [0.05, 0.1) is 5.92 Å². The van der Waals surface area contributed by atoms with Gasteiger partial charge in [-0.25, -0.2) is 0 Å². The molecule has 35 heavy (non-hydrogen) atoms. The Kier molecular flexibility index (Phi) is 8.08. The van der Waals surface area contributed by atoms with Gasteiger partial charge in [-0.1, -0.05) is 97.1 Å². The Morgan fingerprint density at radius 3 is 1.80 bits per heavy atom. The Hall–Kier alpha value is -4.18. The Morgan fingerprint density at radius 1 is 0.686 bits per heavy atom. The molecule has 4 nitrogen and oxygen atoms in total. The van der Waals surface area contributed by atoms with Crippen LogP contribution in [0.2, 0.25) is 0 Å². The second-order valence-electron chi connectivity index (χ2n) is 8.56. The first-order valence-corrected chi connectivity index (χ1v) is 11.8. The maximum Gasteiger partial charge on any atom is 0.306 e. The summed E-state index contributed by atoms with van der Waals surface area (Å²) in [6, 6.07) is 34.9. The molecule has 0 aliphatic heterocycles. The minimum atomic E-state index is -0.930. The molecular formula is C31H28O4. The molecule has 0 amide bonds. The van der Waals surface area contributed by atoms with E-state index >= 15 is 0 Å². The third kappa shape index (κ3) is 6.90. The summed E-state index contributed by atoms with van der Waals surface area (Å²) in [5, 5.41) is 9.60. The molecule has 4 aromatic carbocycles. The molecule has 0 aromatic heterocycles. The van der Waals surface area contributed by atoms with Crippen LogP contribution in [0.3, 0.4) is 0 Å². The molecule has 1 atom stereocenters. The lowest BCUT2D eigenvalue weighted by atomic mass is 9.92. The predicted octanol–water partition coefficient (Wildman–Crippen LogP) is 6.84. The maximum absolute atomic E-state index is 12.8. The van der Waals surface area contributed by atoms with Crippen molar-refractivity contribution < 1.29 is 19.4 Å². The number of benzene rings is 4. The molecule has 0 fully saturated rings. The van der Waals surface area contributed by atoms with Crippen LogP contribution in [0.1, 0.15) is 34.3 Å². The van der Waals surface area contributed by atoms with E-state index in [1.807, 2.05) is 97.1 Å². The molecular weight excluding hydrogens is 436 g/mol. The average molecular weight is 465 g/mol. The van der Waals surface area contributed by atoms with Crippen LogP contribution < -0.4 is 4.74 Å². The highest BCUT2D eigenvalue weighted by Gasteiger charge is 2.22. The smallest absolute Gasteiger partial charge is 0.306 e. The number of hydrogen-bond acceptors (Lipinski definition) is 3. The van der Waals surface area contributed by atoms with E-state index in [0.29, 0.717) is 25.0 Å². The molecule has 4 rings (SSSR count). The molecule has 0 aliphatic rings. The van der Waals surface area contributed by atoms with E-state index in [2.05, 4.69) is 0 Å². The van der Waals surface area contributed by atoms with Crippen LogP contribution in [0, 0.1) is 5.92 Å². The van der Waals surface area contributed by atoms with Gasteiger partial charge in [0, 0.05) is 12.0 Å². The molecule has 1 N–H and O–H groups in total. The van der Waals surface area contributed by atoms with E-state index in [1.54, 1.807) is 12.1 Å². The number of carbonyl (C=O) groups excluding carboxylic acids is 1. The van der Waals surface area contributed by atoms with Crippen molar-refractivity contribution >= 4 is 11.8 Å². The average Bonchev–Trinajstić information content (AvgIpc) is 2.91. The number of Topliss-reactive ketones (excluding diaryl/α,β-unsaturated/α-hetero) is 1. The van der Waals surface area contributed by atoms with Gasteiger partial charge in [0.2, 0.25) is 0 Å². The van der Waals surface area contributed by atoms with E-state index in [1.165, 1.54) is 0 Å². The summed E-state index contributed by atoms with van der Waals surface area (Å²) in [6.45, 7) is 0.514. The second-order valence-corrected chi connectivity index (χ2v) is 8.56. The monoisotopic (exact) mass is 464 g/mol. The summed E-state index contributed by atoms with van der Waals surface area (Å²) < 4.78 is 5.85. The van der Waals surface area contributed by atoms with Gasteiger partial charge in [0.15, 0.2) is 5.78 Å². The number of aliphatic carboxylic acids is 1. The van der Waals surface area contributed by atoms with Crippen molar-refractivity contribution in [3.63, 3.8) is 0 Å². The highest BCUT2D eigenvalue weighted by atomic mass is 16.5. The first kappa shape index (κ1) is 24.0. The summed E-state index contributed by atoms with van der Waals surface area (Å²) in [4.78, 5) is 24.5. The minimum absolute atomic E-state index is 0.00500. The highest BCUT2D eigenvalue weighted by molar-refractivity contribution is 5.98. The number of aryl methyl sites for hydroxylation is 1. The molecule has 0 aliphatic carbocycles. The quantitative estimate of drug-likeness (QED) is 0.247. The summed E-state index contributed by atoms with van der Waals surface area (Å²) in [7, 11) is 0. The van der Waals surface area contributed by atoms with E-state index in [0.717, 1.165) is 28.0 Å². The zero-order valence-electron chi connectivity index (χ0n) is 19.5. The molecule has 0 radical (unpaired) electrons. The minimum Gasteiger partial charge on any atom is -0.489 e. The number of hydrogen-bond donors (Lipinski definition) is 1. The molecule has 0 saturated carbocycles. The first-order valence-electron chi connectivity index (χ1n) is 11.8. The van der Waals surface area contributed by atoms with E-state index in [9.17, 15) is 14.7 Å². The van der Waals surface area contributed by atoms with E-state index < -0.39 is 11.9 Å². The number of carboxylic acid groups (broad SMARTS) is 1. The van der Waals surface area contributed by atoms with Crippen LogP contribution in [-0.2, 0) is 17.8 Å². The molecule has 0 bridgehead atoms. The van der Waals surface area contributed by atoms with Gasteiger partial charge in [0.25, 0.3) is 0 Å². The van der Waals surface area contributed by atoms with Gasteiger partial charge in [-0.15, -0.1) is 0 Å². The number of ketones is 1. The fraction of sp³-hybridized carbons (Fsp3) is 0.161. The topological polar surface area (TPSA) is 63.6 Å². The fourth-order valence-electron chi connectivity index (χ4n) is 3.97. The normalized spacial score (nSPS) is 11.5. The lowest BCUT2D eigenvalue weighted by molar-refractivity contribution is -0.141. The Morgan fingerprint density at radius 2 is 1.23 bits per heavy atom. The molecule has 176 valence electrons. The van der Waals surface area contributed by atoms with E-state index in [-0.39, 0.29) is 12.2 Å². The fourth-order valence-corrected chi connectivity index (χ4v) is 3.97. The Bertz CT molecular complexity index is 1230. The van der Waals surface area contributed by atoms with Crippen LogP contribution in [0.5, 0.6) is 5.75 Å². The molecule has 0 saturated heterocycles. The second kappa shape index (κ2) is 11.8. The van der Waals surface area contributed by atoms with Crippen molar-refractivity contribution in [2.45, 2.75) is 25.9 Å². The van der Waals surface area contributed by atoms with Crippen LogP contribution in [0.15, 0.2) is 109 Å². The largest absolute Gasteiger partial charge is 0.489 e. The summed E-state index contributed by atoms with van der Waals surface area (Å²) in [5.74, 6) is -0.993. The zero-order chi connectivity index (χ0) is 24.5. The van der Waals surface area contributed by atoms with Gasteiger partial charge in [0.1, 0.15) is 12.4 Å². The summed E-state index contributed by atoms with van der Waals surface area (Å²) in [5.41, 5.74) is 4.72. The van der Waals surface area contributed by atoms with Gasteiger partial charge in [-0.05, 0) is 47.2 Å². The first-order chi connectivity index (χ1) is 17.1. The summed E-state index contributed by atoms with van der Waals surface area (Å²) >= 11 is 0.